The van der Waals surface area contributed by atoms with Crippen LogP contribution in [0.15, 0.2) is 0 Å². The van der Waals surface area contributed by atoms with Gasteiger partial charge in [-0.3, -0.25) is 9.59 Å². The zero-order valence-electron chi connectivity index (χ0n) is 9.74. The van der Waals surface area contributed by atoms with Crippen molar-refractivity contribution >= 4 is 11.9 Å². The lowest BCUT2D eigenvalue weighted by Crippen LogP contribution is -2.45. The van der Waals surface area contributed by atoms with Crippen LogP contribution in [-0.2, 0) is 14.3 Å². The molecule has 1 saturated carbocycles. The van der Waals surface area contributed by atoms with Crippen LogP contribution in [0.3, 0.4) is 0 Å². The summed E-state index contributed by atoms with van der Waals surface area (Å²) in [6, 6.07) is -0.785. The van der Waals surface area contributed by atoms with Crippen LogP contribution in [0.1, 0.15) is 27.2 Å². The van der Waals surface area contributed by atoms with Gasteiger partial charge in [0.2, 0.25) is 0 Å². The second kappa shape index (κ2) is 3.20. The number of carbonyl (C=O) groups is 2. The van der Waals surface area contributed by atoms with Crippen LogP contribution in [-0.4, -0.2) is 35.2 Å². The third-order valence-corrected chi connectivity index (χ3v) is 3.26. The number of hydrogen-bond donors (Lipinski definition) is 2. The molecule has 2 fully saturated rings. The predicted molar refractivity (Wildman–Crippen MR) is 55.8 cm³/mol. The maximum atomic E-state index is 12.0. The topological polar surface area (TPSA) is 75.6 Å². The van der Waals surface area contributed by atoms with Crippen LogP contribution in [0.2, 0.25) is 0 Å². The molecule has 5 heteroatoms. The molecule has 1 aliphatic heterocycles. The van der Waals surface area contributed by atoms with E-state index in [0.29, 0.717) is 13.0 Å². The smallest absolute Gasteiger partial charge is 0.321 e. The summed E-state index contributed by atoms with van der Waals surface area (Å²) in [6.45, 7) is 5.96. The van der Waals surface area contributed by atoms with E-state index in [4.69, 9.17) is 9.84 Å². The monoisotopic (exact) mass is 227 g/mol. The van der Waals surface area contributed by atoms with E-state index in [1.54, 1.807) is 20.8 Å². The lowest BCUT2D eigenvalue weighted by Gasteiger charge is -2.25. The highest BCUT2D eigenvalue weighted by atomic mass is 16.6. The first-order valence-corrected chi connectivity index (χ1v) is 5.47. The Labute approximate surface area is 94.2 Å². The molecule has 0 amide bonds. The van der Waals surface area contributed by atoms with Gasteiger partial charge < -0.3 is 15.2 Å². The zero-order chi connectivity index (χ0) is 12.1. The summed E-state index contributed by atoms with van der Waals surface area (Å²) in [5.41, 5.74) is -1.37. The average molecular weight is 227 g/mol. The molecular weight excluding hydrogens is 210 g/mol. The molecule has 0 spiro atoms. The number of hydrogen-bond acceptors (Lipinski definition) is 4. The van der Waals surface area contributed by atoms with Crippen LogP contribution in [0, 0.1) is 11.3 Å². The highest BCUT2D eigenvalue weighted by Crippen LogP contribution is 2.59. The number of nitrogens with one attached hydrogen (secondary N) is 1. The molecule has 0 unspecified atom stereocenters. The van der Waals surface area contributed by atoms with E-state index >= 15 is 0 Å². The zero-order valence-corrected chi connectivity index (χ0v) is 9.74. The summed E-state index contributed by atoms with van der Waals surface area (Å²) in [4.78, 5) is 23.1. The lowest BCUT2D eigenvalue weighted by atomic mass is 9.96. The number of carbonyl (C=O) groups excluding carboxylic acids is 1. The molecular formula is C11H17NO4. The molecule has 90 valence electrons. The summed E-state index contributed by atoms with van der Waals surface area (Å²) in [5, 5.41) is 11.9. The Kier molecular flexibility index (Phi) is 2.28. The number of rotatable bonds is 2. The van der Waals surface area contributed by atoms with Crippen molar-refractivity contribution in [3.63, 3.8) is 0 Å². The third-order valence-electron chi connectivity index (χ3n) is 3.26. The number of esters is 1. The van der Waals surface area contributed by atoms with Gasteiger partial charge in [0.05, 0.1) is 5.41 Å². The molecule has 1 saturated heterocycles. The van der Waals surface area contributed by atoms with Crippen molar-refractivity contribution in [2.24, 2.45) is 11.3 Å². The van der Waals surface area contributed by atoms with Gasteiger partial charge in [-0.25, -0.2) is 0 Å². The lowest BCUT2D eigenvalue weighted by molar-refractivity contribution is -0.166. The second-order valence-electron chi connectivity index (χ2n) is 5.62. The first-order valence-electron chi connectivity index (χ1n) is 5.47. The summed E-state index contributed by atoms with van der Waals surface area (Å²) >= 11 is 0. The molecule has 0 aromatic carbocycles. The van der Waals surface area contributed by atoms with Gasteiger partial charge in [0.1, 0.15) is 11.6 Å². The highest BCUT2D eigenvalue weighted by Gasteiger charge is 2.71. The van der Waals surface area contributed by atoms with Crippen LogP contribution in [0.4, 0.5) is 0 Å². The fourth-order valence-electron chi connectivity index (χ4n) is 2.45. The average Bonchev–Trinajstić information content (AvgIpc) is 2.70. The minimum absolute atomic E-state index is 0.128. The van der Waals surface area contributed by atoms with Gasteiger partial charge in [-0.1, -0.05) is 0 Å². The first kappa shape index (κ1) is 11.4. The van der Waals surface area contributed by atoms with Crippen LogP contribution >= 0.6 is 0 Å². The Hall–Kier alpha value is -1.10. The molecule has 5 nitrogen and oxygen atoms in total. The van der Waals surface area contributed by atoms with Gasteiger partial charge in [-0.15, -0.1) is 0 Å². The van der Waals surface area contributed by atoms with E-state index in [9.17, 15) is 9.59 Å². The van der Waals surface area contributed by atoms with Crippen LogP contribution in [0.5, 0.6) is 0 Å². The minimum Gasteiger partial charge on any atom is -0.480 e. The number of fused-ring (bicyclic) bond motifs is 1. The predicted octanol–water partition coefficient (Wildman–Crippen LogP) is 0.391. The SMILES string of the molecule is CC(C)(C)OC(=O)[C@@]12C[C@H]1CN[C@@H]2C(=O)O. The molecule has 0 aromatic heterocycles. The van der Waals surface area contributed by atoms with E-state index in [1.165, 1.54) is 0 Å². The maximum Gasteiger partial charge on any atom is 0.321 e. The normalized spacial score (nSPS) is 36.7. The largest absolute Gasteiger partial charge is 0.480 e. The molecule has 0 aromatic rings. The number of piperidine rings is 1. The van der Waals surface area contributed by atoms with Crippen LogP contribution < -0.4 is 5.32 Å². The summed E-state index contributed by atoms with van der Waals surface area (Å²) in [5.74, 6) is -1.21. The molecule has 0 bridgehead atoms. The molecule has 0 radical (unpaired) electrons. The molecule has 2 rings (SSSR count). The number of carboxylic acid groups (broad SMARTS) is 1. The molecule has 16 heavy (non-hydrogen) atoms. The van der Waals surface area contributed by atoms with Crippen molar-refractivity contribution in [3.05, 3.63) is 0 Å². The van der Waals surface area contributed by atoms with Crippen molar-refractivity contribution in [2.75, 3.05) is 6.54 Å². The van der Waals surface area contributed by atoms with Crippen molar-refractivity contribution in [1.82, 2.24) is 5.32 Å². The molecule has 1 heterocycles. The van der Waals surface area contributed by atoms with Crippen LogP contribution in [0.25, 0.3) is 0 Å². The molecule has 1 aliphatic carbocycles. The number of carboxylic acids is 1. The van der Waals surface area contributed by atoms with Crippen molar-refractivity contribution in [1.29, 1.82) is 0 Å². The molecule has 3 atom stereocenters. The van der Waals surface area contributed by atoms with E-state index in [2.05, 4.69) is 5.32 Å². The van der Waals surface area contributed by atoms with Gasteiger partial charge in [0.25, 0.3) is 0 Å². The van der Waals surface area contributed by atoms with Gasteiger partial charge >= 0.3 is 11.9 Å². The van der Waals surface area contributed by atoms with E-state index < -0.39 is 23.0 Å². The Morgan fingerprint density at radius 1 is 1.44 bits per heavy atom. The summed E-state index contributed by atoms with van der Waals surface area (Å²) < 4.78 is 5.30. The van der Waals surface area contributed by atoms with Gasteiger partial charge in [-0.2, -0.15) is 0 Å². The van der Waals surface area contributed by atoms with Crippen molar-refractivity contribution in [3.8, 4) is 0 Å². The second-order valence-corrected chi connectivity index (χ2v) is 5.62. The number of ether oxygens (including phenoxy) is 1. The Bertz CT molecular complexity index is 346. The maximum absolute atomic E-state index is 12.0. The number of aliphatic carboxylic acids is 1. The van der Waals surface area contributed by atoms with Crippen molar-refractivity contribution in [2.45, 2.75) is 38.8 Å². The van der Waals surface area contributed by atoms with E-state index in [0.717, 1.165) is 0 Å². The fraction of sp³-hybridized carbons (Fsp3) is 0.818. The fourth-order valence-corrected chi connectivity index (χ4v) is 2.45. The molecule has 2 N–H and O–H groups in total. The van der Waals surface area contributed by atoms with Gasteiger partial charge in [0.15, 0.2) is 0 Å². The van der Waals surface area contributed by atoms with E-state index in [1.807, 2.05) is 0 Å². The molecule has 2 aliphatic rings. The third kappa shape index (κ3) is 1.59. The standard InChI is InChI=1S/C11H17NO4/c1-10(2,3)16-9(15)11-4-6(11)5-12-7(11)8(13)14/h6-7,12H,4-5H2,1-3H3,(H,13,14)/t6-,7+,11-/m0/s1. The minimum atomic E-state index is -0.967. The summed E-state index contributed by atoms with van der Waals surface area (Å²) in [7, 11) is 0. The van der Waals surface area contributed by atoms with Gasteiger partial charge in [-0.05, 0) is 33.1 Å². The van der Waals surface area contributed by atoms with Crippen molar-refractivity contribution < 1.29 is 19.4 Å². The Balaban J connectivity index is 2.14. The van der Waals surface area contributed by atoms with E-state index in [-0.39, 0.29) is 11.9 Å². The summed E-state index contributed by atoms with van der Waals surface area (Å²) in [6.07, 6.45) is 0.631. The first-order chi connectivity index (χ1) is 7.27. The Morgan fingerprint density at radius 2 is 2.06 bits per heavy atom. The Morgan fingerprint density at radius 3 is 2.50 bits per heavy atom. The quantitative estimate of drug-likeness (QED) is 0.667. The van der Waals surface area contributed by atoms with Gasteiger partial charge in [0, 0.05) is 6.54 Å². The highest BCUT2D eigenvalue weighted by molar-refractivity contribution is 5.91.